The average Bonchev–Trinajstić information content (AvgIpc) is 3.27. The SMILES string of the molecule is CCCn1c(C)cc(C=C(C#N)C(=O)OCC(=O)c2cc(C)n(-c3ccc(C)c(C)c3)c2C)c1C. The second-order valence-electron chi connectivity index (χ2n) is 9.04. The number of benzene rings is 1. The minimum atomic E-state index is -0.802. The van der Waals surface area contributed by atoms with Crippen LogP contribution >= 0.6 is 0 Å². The Labute approximate surface area is 207 Å². The number of Topliss-reactive ketones (excluding diaryl/α,β-unsaturated/α-hetero) is 1. The molecular weight excluding hydrogens is 438 g/mol. The summed E-state index contributed by atoms with van der Waals surface area (Å²) in [7, 11) is 0. The van der Waals surface area contributed by atoms with Crippen LogP contribution in [0.1, 0.15) is 63.2 Å². The summed E-state index contributed by atoms with van der Waals surface area (Å²) in [5.74, 6) is -1.11. The van der Waals surface area contributed by atoms with E-state index in [0.717, 1.165) is 47.0 Å². The Morgan fingerprint density at radius 3 is 2.31 bits per heavy atom. The minimum absolute atomic E-state index is 0.129. The van der Waals surface area contributed by atoms with E-state index in [1.54, 1.807) is 0 Å². The summed E-state index contributed by atoms with van der Waals surface area (Å²) in [6.07, 6.45) is 2.52. The predicted octanol–water partition coefficient (Wildman–Crippen LogP) is 5.87. The van der Waals surface area contributed by atoms with Crippen molar-refractivity contribution in [3.63, 3.8) is 0 Å². The molecule has 35 heavy (non-hydrogen) atoms. The molecule has 0 saturated heterocycles. The fraction of sp³-hybridized carbons (Fsp3) is 0.345. The summed E-state index contributed by atoms with van der Waals surface area (Å²) in [6.45, 7) is 14.4. The van der Waals surface area contributed by atoms with Crippen molar-refractivity contribution in [2.75, 3.05) is 6.61 Å². The van der Waals surface area contributed by atoms with Crippen LogP contribution in [-0.4, -0.2) is 27.5 Å². The van der Waals surface area contributed by atoms with E-state index in [0.29, 0.717) is 5.56 Å². The average molecular weight is 472 g/mol. The molecule has 0 amide bonds. The third-order valence-electron chi connectivity index (χ3n) is 6.51. The molecule has 6 heteroatoms. The molecule has 0 saturated carbocycles. The van der Waals surface area contributed by atoms with Crippen molar-refractivity contribution in [2.45, 2.75) is 61.4 Å². The molecule has 0 aliphatic carbocycles. The number of aromatic nitrogens is 2. The number of carbonyl (C=O) groups excluding carboxylic acids is 2. The van der Waals surface area contributed by atoms with E-state index in [1.807, 2.05) is 56.5 Å². The Morgan fingerprint density at radius 2 is 1.69 bits per heavy atom. The standard InChI is InChI=1S/C29H33N3O3/c1-8-11-31-20(4)13-24(22(31)6)15-25(16-30)29(34)35-17-28(33)27-14-21(5)32(23(27)7)26-10-9-18(2)19(3)12-26/h9-10,12-15H,8,11,17H2,1-7H3. The van der Waals surface area contributed by atoms with E-state index in [9.17, 15) is 14.9 Å². The van der Waals surface area contributed by atoms with Gasteiger partial charge in [0.15, 0.2) is 6.61 Å². The molecule has 2 aromatic heterocycles. The van der Waals surface area contributed by atoms with Crippen LogP contribution in [0, 0.1) is 52.9 Å². The van der Waals surface area contributed by atoms with Crippen LogP contribution in [0.4, 0.5) is 0 Å². The predicted molar refractivity (Wildman–Crippen MR) is 138 cm³/mol. The maximum absolute atomic E-state index is 12.9. The highest BCUT2D eigenvalue weighted by Gasteiger charge is 2.20. The number of esters is 1. The van der Waals surface area contributed by atoms with Gasteiger partial charge in [-0.25, -0.2) is 4.79 Å². The van der Waals surface area contributed by atoms with Gasteiger partial charge in [-0.15, -0.1) is 0 Å². The maximum atomic E-state index is 12.9. The van der Waals surface area contributed by atoms with E-state index < -0.39 is 12.6 Å². The van der Waals surface area contributed by atoms with Gasteiger partial charge in [0.25, 0.3) is 0 Å². The van der Waals surface area contributed by atoms with E-state index in [2.05, 4.69) is 37.5 Å². The molecule has 182 valence electrons. The number of hydrogen-bond donors (Lipinski definition) is 0. The van der Waals surface area contributed by atoms with Crippen LogP contribution < -0.4 is 0 Å². The molecule has 0 atom stereocenters. The van der Waals surface area contributed by atoms with E-state index in [1.165, 1.54) is 17.2 Å². The topological polar surface area (TPSA) is 77.0 Å². The van der Waals surface area contributed by atoms with Crippen LogP contribution in [0.25, 0.3) is 11.8 Å². The van der Waals surface area contributed by atoms with Gasteiger partial charge in [-0.1, -0.05) is 13.0 Å². The number of ketones is 1. The Balaban J connectivity index is 1.77. The zero-order chi connectivity index (χ0) is 25.9. The molecule has 2 heterocycles. The zero-order valence-corrected chi connectivity index (χ0v) is 21.7. The van der Waals surface area contributed by atoms with Crippen molar-refractivity contribution in [3.05, 3.63) is 80.9 Å². The van der Waals surface area contributed by atoms with Crippen molar-refractivity contribution in [1.82, 2.24) is 9.13 Å². The van der Waals surface area contributed by atoms with E-state index >= 15 is 0 Å². The Hall–Kier alpha value is -3.85. The van der Waals surface area contributed by atoms with Crippen molar-refractivity contribution < 1.29 is 14.3 Å². The van der Waals surface area contributed by atoms with Gasteiger partial charge in [-0.3, -0.25) is 4.79 Å². The van der Waals surface area contributed by atoms with E-state index in [-0.39, 0.29) is 11.4 Å². The summed E-state index contributed by atoms with van der Waals surface area (Å²) in [5, 5.41) is 9.55. The molecule has 6 nitrogen and oxygen atoms in total. The number of carbonyl (C=O) groups is 2. The maximum Gasteiger partial charge on any atom is 0.349 e. The first-order chi connectivity index (χ1) is 16.6. The lowest BCUT2D eigenvalue weighted by Gasteiger charge is -2.12. The van der Waals surface area contributed by atoms with Crippen molar-refractivity contribution in [3.8, 4) is 11.8 Å². The third-order valence-corrected chi connectivity index (χ3v) is 6.51. The smallest absolute Gasteiger partial charge is 0.349 e. The molecule has 0 aliphatic heterocycles. The fourth-order valence-electron chi connectivity index (χ4n) is 4.43. The molecule has 0 radical (unpaired) electrons. The second-order valence-corrected chi connectivity index (χ2v) is 9.04. The monoisotopic (exact) mass is 471 g/mol. The highest BCUT2D eigenvalue weighted by molar-refractivity contribution is 6.02. The molecule has 3 aromatic rings. The van der Waals surface area contributed by atoms with Gasteiger partial charge >= 0.3 is 5.97 Å². The van der Waals surface area contributed by atoms with E-state index in [4.69, 9.17) is 4.74 Å². The van der Waals surface area contributed by atoms with Gasteiger partial charge in [-0.2, -0.15) is 5.26 Å². The van der Waals surface area contributed by atoms with Crippen LogP contribution in [-0.2, 0) is 16.1 Å². The number of nitriles is 1. The second kappa shape index (κ2) is 10.6. The van der Waals surface area contributed by atoms with Crippen molar-refractivity contribution >= 4 is 17.8 Å². The number of nitrogens with zero attached hydrogens (tertiary/aromatic N) is 3. The fourth-order valence-corrected chi connectivity index (χ4v) is 4.43. The first-order valence-corrected chi connectivity index (χ1v) is 11.8. The zero-order valence-electron chi connectivity index (χ0n) is 21.7. The summed E-state index contributed by atoms with van der Waals surface area (Å²) >= 11 is 0. The molecule has 0 N–H and O–H groups in total. The molecular formula is C29H33N3O3. The summed E-state index contributed by atoms with van der Waals surface area (Å²) in [5.41, 5.74) is 8.27. The van der Waals surface area contributed by atoms with Gasteiger partial charge in [0.2, 0.25) is 5.78 Å². The van der Waals surface area contributed by atoms with Crippen molar-refractivity contribution in [2.24, 2.45) is 0 Å². The minimum Gasteiger partial charge on any atom is -0.453 e. The summed E-state index contributed by atoms with van der Waals surface area (Å²) in [4.78, 5) is 25.5. The quantitative estimate of drug-likeness (QED) is 0.178. The lowest BCUT2D eigenvalue weighted by molar-refractivity contribution is -0.137. The van der Waals surface area contributed by atoms with Crippen LogP contribution in [0.3, 0.4) is 0 Å². The third kappa shape index (κ3) is 5.30. The van der Waals surface area contributed by atoms with Gasteiger partial charge in [0.1, 0.15) is 11.6 Å². The lowest BCUT2D eigenvalue weighted by atomic mass is 10.1. The normalized spacial score (nSPS) is 11.4. The number of aryl methyl sites for hydroxylation is 4. The van der Waals surface area contributed by atoms with Gasteiger partial charge < -0.3 is 13.9 Å². The highest BCUT2D eigenvalue weighted by atomic mass is 16.5. The Morgan fingerprint density at radius 1 is 0.971 bits per heavy atom. The number of rotatable bonds is 8. The summed E-state index contributed by atoms with van der Waals surface area (Å²) in [6, 6.07) is 11.8. The lowest BCUT2D eigenvalue weighted by Crippen LogP contribution is -2.16. The van der Waals surface area contributed by atoms with Gasteiger partial charge in [0.05, 0.1) is 0 Å². The first kappa shape index (κ1) is 25.8. The summed E-state index contributed by atoms with van der Waals surface area (Å²) < 4.78 is 9.43. The molecule has 0 fully saturated rings. The molecule has 0 unspecified atom stereocenters. The Bertz CT molecular complexity index is 1360. The first-order valence-electron chi connectivity index (χ1n) is 11.8. The molecule has 1 aromatic carbocycles. The largest absolute Gasteiger partial charge is 0.453 e. The molecule has 0 aliphatic rings. The van der Waals surface area contributed by atoms with Crippen LogP contribution in [0.2, 0.25) is 0 Å². The highest BCUT2D eigenvalue weighted by Crippen LogP contribution is 2.24. The molecule has 0 bridgehead atoms. The van der Waals surface area contributed by atoms with Crippen LogP contribution in [0.5, 0.6) is 0 Å². The van der Waals surface area contributed by atoms with Crippen LogP contribution in [0.15, 0.2) is 35.9 Å². The number of ether oxygens (including phenoxy) is 1. The number of hydrogen-bond acceptors (Lipinski definition) is 4. The molecule has 3 rings (SSSR count). The van der Waals surface area contributed by atoms with Gasteiger partial charge in [0, 0.05) is 40.6 Å². The van der Waals surface area contributed by atoms with Crippen molar-refractivity contribution in [1.29, 1.82) is 5.26 Å². The Kier molecular flexibility index (Phi) is 7.81. The molecule has 0 spiro atoms. The van der Waals surface area contributed by atoms with Gasteiger partial charge in [-0.05, 0) is 95.0 Å².